The molecule has 0 spiro atoms. The SMILES string of the molecule is CC(C)c1ccc(S(=O)(=O)Cc2ccc(N)c(F)c2)cc1. The lowest BCUT2D eigenvalue weighted by Gasteiger charge is -2.08. The number of nitrogens with two attached hydrogens (primary N) is 1. The van der Waals surface area contributed by atoms with Gasteiger partial charge in [-0.15, -0.1) is 0 Å². The van der Waals surface area contributed by atoms with Crippen LogP contribution in [-0.4, -0.2) is 8.42 Å². The summed E-state index contributed by atoms with van der Waals surface area (Å²) < 4.78 is 38.0. The molecule has 0 heterocycles. The van der Waals surface area contributed by atoms with Crippen LogP contribution in [0.2, 0.25) is 0 Å². The van der Waals surface area contributed by atoms with Gasteiger partial charge in [0.15, 0.2) is 9.84 Å². The fraction of sp³-hybridized carbons (Fsp3) is 0.250. The van der Waals surface area contributed by atoms with Crippen molar-refractivity contribution in [1.82, 2.24) is 0 Å². The van der Waals surface area contributed by atoms with E-state index in [0.29, 0.717) is 11.5 Å². The maximum atomic E-state index is 13.4. The van der Waals surface area contributed by atoms with E-state index in [9.17, 15) is 12.8 Å². The van der Waals surface area contributed by atoms with Gasteiger partial charge in [0.25, 0.3) is 0 Å². The van der Waals surface area contributed by atoms with Crippen LogP contribution < -0.4 is 5.73 Å². The van der Waals surface area contributed by atoms with Gasteiger partial charge >= 0.3 is 0 Å². The Bertz CT molecular complexity index is 737. The average molecular weight is 307 g/mol. The van der Waals surface area contributed by atoms with Crippen LogP contribution >= 0.6 is 0 Å². The van der Waals surface area contributed by atoms with Crippen molar-refractivity contribution < 1.29 is 12.8 Å². The molecular formula is C16H18FNO2S. The number of rotatable bonds is 4. The summed E-state index contributed by atoms with van der Waals surface area (Å²) in [7, 11) is -3.49. The Kier molecular flexibility index (Phi) is 4.32. The number of anilines is 1. The van der Waals surface area contributed by atoms with Gasteiger partial charge < -0.3 is 5.73 Å². The van der Waals surface area contributed by atoms with Crippen molar-refractivity contribution in [3.05, 3.63) is 59.4 Å². The summed E-state index contributed by atoms with van der Waals surface area (Å²) in [5, 5.41) is 0. The lowest BCUT2D eigenvalue weighted by Crippen LogP contribution is -2.06. The quantitative estimate of drug-likeness (QED) is 0.879. The van der Waals surface area contributed by atoms with E-state index in [0.717, 1.165) is 11.6 Å². The maximum absolute atomic E-state index is 13.4. The average Bonchev–Trinajstić information content (AvgIpc) is 2.43. The van der Waals surface area contributed by atoms with Gasteiger partial charge in [0, 0.05) is 0 Å². The zero-order valence-corrected chi connectivity index (χ0v) is 12.8. The lowest BCUT2D eigenvalue weighted by molar-refractivity contribution is 0.594. The smallest absolute Gasteiger partial charge is 0.182 e. The van der Waals surface area contributed by atoms with Gasteiger partial charge in [0.1, 0.15) is 5.82 Å². The zero-order chi connectivity index (χ0) is 15.6. The Morgan fingerprint density at radius 1 is 1.10 bits per heavy atom. The van der Waals surface area contributed by atoms with Crippen molar-refractivity contribution in [1.29, 1.82) is 0 Å². The molecule has 0 saturated heterocycles. The van der Waals surface area contributed by atoms with E-state index < -0.39 is 15.7 Å². The summed E-state index contributed by atoms with van der Waals surface area (Å²) in [5.41, 5.74) is 6.86. The molecule has 0 aliphatic heterocycles. The Hall–Kier alpha value is -1.88. The predicted molar refractivity (Wildman–Crippen MR) is 82.2 cm³/mol. The van der Waals surface area contributed by atoms with Gasteiger partial charge in [-0.25, -0.2) is 12.8 Å². The first-order valence-corrected chi connectivity index (χ1v) is 8.31. The molecule has 5 heteroatoms. The fourth-order valence-corrected chi connectivity index (χ4v) is 3.36. The lowest BCUT2D eigenvalue weighted by atomic mass is 10.0. The second kappa shape index (κ2) is 5.85. The zero-order valence-electron chi connectivity index (χ0n) is 12.0. The summed E-state index contributed by atoms with van der Waals surface area (Å²) in [6.07, 6.45) is 0. The molecule has 0 aliphatic carbocycles. The third kappa shape index (κ3) is 3.61. The Labute approximate surface area is 124 Å². The molecule has 0 radical (unpaired) electrons. The highest BCUT2D eigenvalue weighted by molar-refractivity contribution is 7.90. The predicted octanol–water partition coefficient (Wildman–Crippen LogP) is 3.51. The van der Waals surface area contributed by atoms with Crippen LogP contribution in [0.25, 0.3) is 0 Å². The molecule has 0 unspecified atom stereocenters. The second-order valence-corrected chi connectivity index (χ2v) is 7.33. The molecule has 2 N–H and O–H groups in total. The van der Waals surface area contributed by atoms with Crippen LogP contribution in [0, 0.1) is 5.82 Å². The maximum Gasteiger partial charge on any atom is 0.182 e. The van der Waals surface area contributed by atoms with E-state index in [-0.39, 0.29) is 16.3 Å². The number of hydrogen-bond acceptors (Lipinski definition) is 3. The molecule has 2 aromatic carbocycles. The standard InChI is InChI=1S/C16H18FNO2S/c1-11(2)13-4-6-14(7-5-13)21(19,20)10-12-3-8-16(18)15(17)9-12/h3-9,11H,10,18H2,1-2H3. The molecule has 0 fully saturated rings. The number of halogens is 1. The summed E-state index contributed by atoms with van der Waals surface area (Å²) >= 11 is 0. The van der Waals surface area contributed by atoms with Crippen LogP contribution in [-0.2, 0) is 15.6 Å². The minimum Gasteiger partial charge on any atom is -0.396 e. The minimum atomic E-state index is -3.49. The van der Waals surface area contributed by atoms with Crippen LogP contribution in [0.4, 0.5) is 10.1 Å². The Morgan fingerprint density at radius 2 is 1.71 bits per heavy atom. The minimum absolute atomic E-state index is 0.0115. The monoisotopic (exact) mass is 307 g/mol. The molecule has 0 aromatic heterocycles. The second-order valence-electron chi connectivity index (χ2n) is 5.34. The number of benzene rings is 2. The topological polar surface area (TPSA) is 60.2 Å². The molecule has 0 amide bonds. The van der Waals surface area contributed by atoms with Crippen molar-refractivity contribution in [3.8, 4) is 0 Å². The third-order valence-corrected chi connectivity index (χ3v) is 5.03. The molecule has 0 saturated carbocycles. The molecule has 2 aromatic rings. The van der Waals surface area contributed by atoms with Gasteiger partial charge in [0.2, 0.25) is 0 Å². The van der Waals surface area contributed by atoms with Gasteiger partial charge in [-0.1, -0.05) is 32.0 Å². The van der Waals surface area contributed by atoms with Crippen molar-refractivity contribution in [2.75, 3.05) is 5.73 Å². The third-order valence-electron chi connectivity index (χ3n) is 3.33. The van der Waals surface area contributed by atoms with Gasteiger partial charge in [0.05, 0.1) is 16.3 Å². The van der Waals surface area contributed by atoms with Gasteiger partial charge in [-0.2, -0.15) is 0 Å². The number of sulfone groups is 1. The van der Waals surface area contributed by atoms with E-state index in [2.05, 4.69) is 0 Å². The van der Waals surface area contributed by atoms with Crippen molar-refractivity contribution in [3.63, 3.8) is 0 Å². The highest BCUT2D eigenvalue weighted by Gasteiger charge is 2.16. The first-order valence-electron chi connectivity index (χ1n) is 6.66. The molecule has 0 aliphatic rings. The van der Waals surface area contributed by atoms with Crippen LogP contribution in [0.1, 0.15) is 30.9 Å². The Morgan fingerprint density at radius 3 is 2.24 bits per heavy atom. The molecule has 2 rings (SSSR count). The highest BCUT2D eigenvalue weighted by atomic mass is 32.2. The van der Waals surface area contributed by atoms with Crippen molar-refractivity contribution >= 4 is 15.5 Å². The van der Waals surface area contributed by atoms with Gasteiger partial charge in [-0.05, 0) is 41.3 Å². The van der Waals surface area contributed by atoms with E-state index in [4.69, 9.17) is 5.73 Å². The summed E-state index contributed by atoms with van der Waals surface area (Å²) in [5.74, 6) is -0.503. The molecular weight excluding hydrogens is 289 g/mol. The number of nitrogen functional groups attached to an aromatic ring is 1. The molecule has 0 bridgehead atoms. The molecule has 21 heavy (non-hydrogen) atoms. The summed E-state index contributed by atoms with van der Waals surface area (Å²) in [6.45, 7) is 4.08. The normalized spacial score (nSPS) is 11.8. The molecule has 112 valence electrons. The fourth-order valence-electron chi connectivity index (χ4n) is 2.02. The van der Waals surface area contributed by atoms with Gasteiger partial charge in [-0.3, -0.25) is 0 Å². The Balaban J connectivity index is 2.27. The van der Waals surface area contributed by atoms with Crippen LogP contribution in [0.5, 0.6) is 0 Å². The van der Waals surface area contributed by atoms with Crippen LogP contribution in [0.15, 0.2) is 47.4 Å². The van der Waals surface area contributed by atoms with E-state index in [1.807, 2.05) is 13.8 Å². The van der Waals surface area contributed by atoms with E-state index >= 15 is 0 Å². The first-order chi connectivity index (χ1) is 9.79. The largest absolute Gasteiger partial charge is 0.396 e. The van der Waals surface area contributed by atoms with Crippen molar-refractivity contribution in [2.24, 2.45) is 0 Å². The summed E-state index contributed by atoms with van der Waals surface area (Å²) in [6, 6.07) is 10.9. The molecule has 3 nitrogen and oxygen atoms in total. The summed E-state index contributed by atoms with van der Waals surface area (Å²) in [4.78, 5) is 0.240. The van der Waals surface area contributed by atoms with Crippen LogP contribution in [0.3, 0.4) is 0 Å². The van der Waals surface area contributed by atoms with E-state index in [1.165, 1.54) is 12.1 Å². The highest BCUT2D eigenvalue weighted by Crippen LogP contribution is 2.21. The molecule has 0 atom stereocenters. The van der Waals surface area contributed by atoms with Crippen molar-refractivity contribution in [2.45, 2.75) is 30.4 Å². The van der Waals surface area contributed by atoms with E-state index in [1.54, 1.807) is 24.3 Å². The first kappa shape index (κ1) is 15.5. The number of hydrogen-bond donors (Lipinski definition) is 1.